The van der Waals surface area contributed by atoms with Gasteiger partial charge in [0.2, 0.25) is 0 Å². The fraction of sp³-hybridized carbons (Fsp3) is 0.200. The highest BCUT2D eigenvalue weighted by Gasteiger charge is 2.18. The summed E-state index contributed by atoms with van der Waals surface area (Å²) in [5.41, 5.74) is 1.54. The van der Waals surface area contributed by atoms with E-state index in [9.17, 15) is 5.11 Å². The Labute approximate surface area is 132 Å². The Bertz CT molecular complexity index is 558. The average Bonchev–Trinajstić information content (AvgIpc) is 2.45. The number of hydrogen-bond acceptors (Lipinski definition) is 2. The Kier molecular flexibility index (Phi) is 5.55. The lowest BCUT2D eigenvalue weighted by molar-refractivity contribution is 0.193. The molecule has 0 aliphatic heterocycles. The van der Waals surface area contributed by atoms with E-state index in [0.717, 1.165) is 5.56 Å². The first-order chi connectivity index (χ1) is 9.58. The second-order valence-electron chi connectivity index (χ2n) is 4.24. The lowest BCUT2D eigenvalue weighted by Gasteiger charge is -2.14. The van der Waals surface area contributed by atoms with Crippen LogP contribution >= 0.6 is 34.8 Å². The molecule has 2 aromatic rings. The van der Waals surface area contributed by atoms with Gasteiger partial charge in [-0.15, -0.1) is 23.2 Å². The molecule has 106 valence electrons. The first-order valence-electron chi connectivity index (χ1n) is 6.00. The van der Waals surface area contributed by atoms with Gasteiger partial charge in [-0.3, -0.25) is 0 Å². The van der Waals surface area contributed by atoms with Crippen LogP contribution in [0.4, 0.5) is 0 Å². The highest BCUT2D eigenvalue weighted by atomic mass is 35.5. The van der Waals surface area contributed by atoms with Gasteiger partial charge in [-0.2, -0.15) is 0 Å². The van der Waals surface area contributed by atoms with E-state index in [1.54, 1.807) is 18.2 Å². The van der Waals surface area contributed by atoms with Crippen LogP contribution in [-0.2, 0) is 6.61 Å². The predicted octanol–water partition coefficient (Wildman–Crippen LogP) is 4.76. The normalized spacial score (nSPS) is 12.4. The van der Waals surface area contributed by atoms with E-state index in [4.69, 9.17) is 39.5 Å². The van der Waals surface area contributed by atoms with Crippen molar-refractivity contribution in [1.82, 2.24) is 0 Å². The molecule has 0 radical (unpaired) electrons. The van der Waals surface area contributed by atoms with Gasteiger partial charge in [-0.05, 0) is 17.7 Å². The van der Waals surface area contributed by atoms with Gasteiger partial charge in [-0.1, -0.05) is 48.0 Å². The molecule has 2 aromatic carbocycles. The van der Waals surface area contributed by atoms with Crippen molar-refractivity contribution in [3.05, 3.63) is 64.7 Å². The maximum Gasteiger partial charge on any atom is 0.137 e. The Hall–Kier alpha value is -0.930. The van der Waals surface area contributed by atoms with E-state index in [1.165, 1.54) is 0 Å². The fourth-order valence-corrected chi connectivity index (χ4v) is 2.27. The summed E-state index contributed by atoms with van der Waals surface area (Å²) in [6.45, 7) is 0.451. The van der Waals surface area contributed by atoms with Crippen molar-refractivity contribution in [2.24, 2.45) is 0 Å². The Morgan fingerprint density at radius 2 is 1.75 bits per heavy atom. The zero-order chi connectivity index (χ0) is 14.5. The van der Waals surface area contributed by atoms with Crippen LogP contribution in [0, 0.1) is 0 Å². The molecule has 1 unspecified atom stereocenters. The largest absolute Gasteiger partial charge is 0.489 e. The maximum absolute atomic E-state index is 9.79. The number of aliphatic hydroxyl groups is 1. The first-order valence-corrected chi connectivity index (χ1v) is 7.25. The molecule has 20 heavy (non-hydrogen) atoms. The van der Waals surface area contributed by atoms with E-state index in [1.807, 2.05) is 30.3 Å². The summed E-state index contributed by atoms with van der Waals surface area (Å²) in [5.74, 6) is 0.621. The van der Waals surface area contributed by atoms with Crippen molar-refractivity contribution in [2.75, 3.05) is 0 Å². The molecule has 0 aromatic heterocycles. The zero-order valence-corrected chi connectivity index (χ0v) is 12.7. The summed E-state index contributed by atoms with van der Waals surface area (Å²) in [4.78, 5) is -0.927. The summed E-state index contributed by atoms with van der Waals surface area (Å²) in [6, 6.07) is 14.8. The molecule has 1 N–H and O–H groups in total. The first kappa shape index (κ1) is 15.5. The maximum atomic E-state index is 9.79. The van der Waals surface area contributed by atoms with Crippen LogP contribution in [0.1, 0.15) is 17.2 Å². The second kappa shape index (κ2) is 7.19. The molecule has 2 nitrogen and oxygen atoms in total. The van der Waals surface area contributed by atoms with Gasteiger partial charge in [-0.25, -0.2) is 0 Å². The van der Waals surface area contributed by atoms with Gasteiger partial charge < -0.3 is 9.84 Å². The number of alkyl halides is 2. The third-order valence-electron chi connectivity index (χ3n) is 2.78. The predicted molar refractivity (Wildman–Crippen MR) is 82.7 cm³/mol. The second-order valence-corrected chi connectivity index (χ2v) is 5.81. The van der Waals surface area contributed by atoms with E-state index in [2.05, 4.69) is 0 Å². The topological polar surface area (TPSA) is 29.5 Å². The standard InChI is InChI=1S/C15H13Cl3O2/c16-13-8-11(6-7-12(13)14(19)15(17)18)20-9-10-4-2-1-3-5-10/h1-8,14-15,19H,9H2. The van der Waals surface area contributed by atoms with Gasteiger partial charge in [0.1, 0.15) is 23.3 Å². The van der Waals surface area contributed by atoms with Crippen molar-refractivity contribution in [3.63, 3.8) is 0 Å². The van der Waals surface area contributed by atoms with Crippen molar-refractivity contribution in [1.29, 1.82) is 0 Å². The minimum Gasteiger partial charge on any atom is -0.489 e. The van der Waals surface area contributed by atoms with Crippen LogP contribution in [0.3, 0.4) is 0 Å². The lowest BCUT2D eigenvalue weighted by atomic mass is 10.1. The highest BCUT2D eigenvalue weighted by molar-refractivity contribution is 6.44. The highest BCUT2D eigenvalue weighted by Crippen LogP contribution is 2.32. The Morgan fingerprint density at radius 3 is 2.35 bits per heavy atom. The number of hydrogen-bond donors (Lipinski definition) is 1. The molecule has 0 fully saturated rings. The Balaban J connectivity index is 2.06. The van der Waals surface area contributed by atoms with Gasteiger partial charge in [0.25, 0.3) is 0 Å². The summed E-state index contributed by atoms with van der Waals surface area (Å²) >= 11 is 17.4. The van der Waals surface area contributed by atoms with Gasteiger partial charge in [0.15, 0.2) is 0 Å². The molecule has 0 aliphatic carbocycles. The minimum atomic E-state index is -1.02. The monoisotopic (exact) mass is 330 g/mol. The van der Waals surface area contributed by atoms with E-state index >= 15 is 0 Å². The molecule has 2 rings (SSSR count). The smallest absolute Gasteiger partial charge is 0.137 e. The molecule has 0 spiro atoms. The summed E-state index contributed by atoms with van der Waals surface area (Å²) in [7, 11) is 0. The van der Waals surface area contributed by atoms with E-state index in [-0.39, 0.29) is 0 Å². The molecule has 1 atom stereocenters. The van der Waals surface area contributed by atoms with Crippen molar-refractivity contribution < 1.29 is 9.84 Å². The van der Waals surface area contributed by atoms with Crippen molar-refractivity contribution in [3.8, 4) is 5.75 Å². The van der Waals surface area contributed by atoms with Crippen LogP contribution in [0.25, 0.3) is 0 Å². The Morgan fingerprint density at radius 1 is 1.05 bits per heavy atom. The van der Waals surface area contributed by atoms with Crippen LogP contribution in [0.2, 0.25) is 5.02 Å². The van der Waals surface area contributed by atoms with Crippen LogP contribution in [0.5, 0.6) is 5.75 Å². The number of rotatable bonds is 5. The third kappa shape index (κ3) is 4.03. The van der Waals surface area contributed by atoms with Crippen molar-refractivity contribution >= 4 is 34.8 Å². The van der Waals surface area contributed by atoms with Crippen LogP contribution in [0.15, 0.2) is 48.5 Å². The average molecular weight is 332 g/mol. The molecule has 0 amide bonds. The van der Waals surface area contributed by atoms with E-state index in [0.29, 0.717) is 22.9 Å². The minimum absolute atomic E-state index is 0.370. The number of halogens is 3. The molecule has 0 heterocycles. The molecule has 5 heteroatoms. The number of benzene rings is 2. The molecule has 0 saturated heterocycles. The van der Waals surface area contributed by atoms with Gasteiger partial charge >= 0.3 is 0 Å². The number of ether oxygens (including phenoxy) is 1. The molecule has 0 bridgehead atoms. The zero-order valence-electron chi connectivity index (χ0n) is 10.5. The molecular formula is C15H13Cl3O2. The molecule has 0 saturated carbocycles. The van der Waals surface area contributed by atoms with Crippen molar-refractivity contribution in [2.45, 2.75) is 17.5 Å². The van der Waals surface area contributed by atoms with E-state index < -0.39 is 10.9 Å². The quantitative estimate of drug-likeness (QED) is 0.801. The SMILES string of the molecule is OC(c1ccc(OCc2ccccc2)cc1Cl)C(Cl)Cl. The third-order valence-corrected chi connectivity index (χ3v) is 3.58. The number of aliphatic hydroxyl groups excluding tert-OH is 1. The summed E-state index contributed by atoms with van der Waals surface area (Å²) < 4.78 is 5.64. The van der Waals surface area contributed by atoms with Crippen LogP contribution in [-0.4, -0.2) is 9.94 Å². The summed E-state index contributed by atoms with van der Waals surface area (Å²) in [6.07, 6.45) is -1.02. The van der Waals surface area contributed by atoms with Gasteiger partial charge in [0, 0.05) is 5.56 Å². The molecule has 0 aliphatic rings. The molecular weight excluding hydrogens is 319 g/mol. The summed E-state index contributed by atoms with van der Waals surface area (Å²) in [5, 5.41) is 10.2. The fourth-order valence-electron chi connectivity index (χ4n) is 1.71. The lowest BCUT2D eigenvalue weighted by Crippen LogP contribution is -2.06. The van der Waals surface area contributed by atoms with Crippen LogP contribution < -0.4 is 4.74 Å². The van der Waals surface area contributed by atoms with Gasteiger partial charge in [0.05, 0.1) is 5.02 Å².